The third-order valence-electron chi connectivity index (χ3n) is 11.1. The van der Waals surface area contributed by atoms with Gasteiger partial charge in [0.1, 0.15) is 12.4 Å². The van der Waals surface area contributed by atoms with Crippen LogP contribution in [0.1, 0.15) is 277 Å². The lowest BCUT2D eigenvalue weighted by Gasteiger charge is -2.17. The van der Waals surface area contributed by atoms with E-state index in [4.69, 9.17) is 0 Å². The minimum Gasteiger partial charge on any atom is -0.247 e. The zero-order valence-corrected chi connectivity index (χ0v) is 33.2. The fourth-order valence-electron chi connectivity index (χ4n) is 7.84. The van der Waals surface area contributed by atoms with E-state index in [1.54, 1.807) is 0 Å². The van der Waals surface area contributed by atoms with E-state index < -0.39 is 0 Å². The number of unbranched alkanes of at least 4 members (excludes halogenated alkanes) is 30. The molecule has 1 rings (SSSR count). The summed E-state index contributed by atoms with van der Waals surface area (Å²) in [6.45, 7) is 9.43. The molecule has 0 radical (unpaired) electrons. The van der Waals surface area contributed by atoms with Crippen LogP contribution in [0, 0.1) is 0 Å². The number of aromatic nitrogens is 2. The van der Waals surface area contributed by atoms with Crippen LogP contribution in [-0.4, -0.2) is 4.98 Å². The van der Waals surface area contributed by atoms with Crippen molar-refractivity contribution < 1.29 is 4.57 Å². The quantitative estimate of drug-likeness (QED) is 0.0539. The van der Waals surface area contributed by atoms with E-state index in [0.717, 1.165) is 0 Å². The summed E-state index contributed by atoms with van der Waals surface area (Å²) in [7, 11) is 0. The van der Waals surface area contributed by atoms with Crippen molar-refractivity contribution in [3.05, 3.63) is 18.2 Å². The molecule has 47 heavy (non-hydrogen) atoms. The van der Waals surface area contributed by atoms with E-state index in [-0.39, 0.29) is 0 Å². The van der Waals surface area contributed by atoms with Crippen LogP contribution < -0.4 is 4.57 Å². The van der Waals surface area contributed by atoms with Crippen molar-refractivity contribution in [2.24, 2.45) is 0 Å². The normalized spacial score (nSPS) is 13.0. The third kappa shape index (κ3) is 26.7. The number of aromatic amines is 1. The van der Waals surface area contributed by atoms with Gasteiger partial charge in [-0.15, -0.1) is 0 Å². The Morgan fingerprint density at radius 1 is 0.404 bits per heavy atom. The molecule has 0 aliphatic carbocycles. The van der Waals surface area contributed by atoms with E-state index in [1.165, 1.54) is 237 Å². The molecule has 0 aliphatic heterocycles. The summed E-state index contributed by atoms with van der Waals surface area (Å²) < 4.78 is 2.64. The van der Waals surface area contributed by atoms with Crippen LogP contribution in [0.5, 0.6) is 0 Å². The molecule has 0 aromatic carbocycles. The van der Waals surface area contributed by atoms with Gasteiger partial charge in [-0.25, -0.2) is 9.55 Å². The lowest BCUT2D eigenvalue weighted by molar-refractivity contribution is -0.727. The second kappa shape index (κ2) is 35.1. The van der Waals surface area contributed by atoms with Crippen molar-refractivity contribution in [2.45, 2.75) is 271 Å². The van der Waals surface area contributed by atoms with Crippen LogP contribution in [0.2, 0.25) is 0 Å². The van der Waals surface area contributed by atoms with Crippen LogP contribution >= 0.6 is 0 Å². The van der Waals surface area contributed by atoms with Gasteiger partial charge in [0.2, 0.25) is 0 Å². The second-order valence-corrected chi connectivity index (χ2v) is 15.8. The zero-order valence-electron chi connectivity index (χ0n) is 33.2. The van der Waals surface area contributed by atoms with Crippen molar-refractivity contribution in [1.82, 2.24) is 4.98 Å². The molecule has 0 bridgehead atoms. The van der Waals surface area contributed by atoms with E-state index in [0.29, 0.717) is 12.0 Å². The Bertz CT molecular complexity index is 723. The van der Waals surface area contributed by atoms with E-state index in [1.807, 2.05) is 0 Å². The molecule has 1 aromatic heterocycles. The van der Waals surface area contributed by atoms with Gasteiger partial charge in [-0.2, -0.15) is 0 Å². The van der Waals surface area contributed by atoms with Gasteiger partial charge in [-0.1, -0.05) is 226 Å². The lowest BCUT2D eigenvalue weighted by atomic mass is 9.93. The topological polar surface area (TPSA) is 19.7 Å². The van der Waals surface area contributed by atoms with Gasteiger partial charge in [-0.05, 0) is 32.6 Å². The second-order valence-electron chi connectivity index (χ2n) is 15.8. The van der Waals surface area contributed by atoms with Gasteiger partial charge in [-0.3, -0.25) is 0 Å². The first-order valence-corrected chi connectivity index (χ1v) is 22.3. The Balaban J connectivity index is 2.26. The maximum atomic E-state index is 3.75. The van der Waals surface area contributed by atoms with Gasteiger partial charge < -0.3 is 0 Å². The number of nitrogens with zero attached hydrogens (tertiary/aromatic N) is 1. The average Bonchev–Trinajstić information content (AvgIpc) is 3.57. The summed E-state index contributed by atoms with van der Waals surface area (Å²) in [5.41, 5.74) is 0. The van der Waals surface area contributed by atoms with Crippen LogP contribution in [0.15, 0.2) is 12.4 Å². The summed E-state index contributed by atoms with van der Waals surface area (Å²) in [4.78, 5) is 3.75. The minimum absolute atomic E-state index is 0.618. The van der Waals surface area contributed by atoms with Crippen molar-refractivity contribution >= 4 is 0 Å². The van der Waals surface area contributed by atoms with E-state index >= 15 is 0 Å². The Kier molecular flexibility index (Phi) is 33.0. The molecule has 0 aliphatic rings. The van der Waals surface area contributed by atoms with E-state index in [2.05, 4.69) is 49.6 Å². The lowest BCUT2D eigenvalue weighted by Crippen LogP contribution is -2.41. The molecule has 1 N–H and O–H groups in total. The fourth-order valence-corrected chi connectivity index (χ4v) is 7.84. The molecule has 1 heterocycles. The maximum Gasteiger partial charge on any atom is 0.257 e. The van der Waals surface area contributed by atoms with Gasteiger partial charge in [0.25, 0.3) is 5.82 Å². The molecule has 0 spiro atoms. The first-order valence-electron chi connectivity index (χ1n) is 22.3. The average molecular weight is 658 g/mol. The number of nitrogens with one attached hydrogen (secondary N) is 1. The summed E-state index contributed by atoms with van der Waals surface area (Å²) in [5.74, 6) is 2.25. The number of H-pyrrole nitrogens is 1. The highest BCUT2D eigenvalue weighted by Gasteiger charge is 2.25. The van der Waals surface area contributed by atoms with Crippen molar-refractivity contribution in [3.8, 4) is 0 Å². The summed E-state index contributed by atoms with van der Waals surface area (Å²) >= 11 is 0. The molecular weight excluding hydrogens is 569 g/mol. The first-order chi connectivity index (χ1) is 23.2. The molecule has 2 unspecified atom stereocenters. The fraction of sp³-hybridized carbons (Fsp3) is 0.933. The molecule has 2 nitrogen and oxygen atoms in total. The number of hydrogen-bond acceptors (Lipinski definition) is 0. The number of rotatable bonds is 38. The summed E-state index contributed by atoms with van der Waals surface area (Å²) in [5, 5.41) is 0. The first kappa shape index (κ1) is 44.2. The van der Waals surface area contributed by atoms with Crippen molar-refractivity contribution in [2.75, 3.05) is 0 Å². The van der Waals surface area contributed by atoms with E-state index in [9.17, 15) is 0 Å². The standard InChI is InChI=1S/C45H88N2/c1-5-8-11-14-16-18-20-22-24-26-28-30-33-35-38-43(4)47-42-41-46-45(47)44(39-36-32-13-10-7-3)40-37-34-31-29-27-25-23-21-19-17-15-12-9-6-2/h41-44H,5-40H2,1-4H3/p+1. The van der Waals surface area contributed by atoms with Crippen LogP contribution in [-0.2, 0) is 0 Å². The Labute approximate surface area is 297 Å². The zero-order chi connectivity index (χ0) is 33.9. The van der Waals surface area contributed by atoms with Crippen LogP contribution in [0.3, 0.4) is 0 Å². The SMILES string of the molecule is CCCCCCCCCCCCCCCCC(CCCCCCC)c1[nH]cc[n+]1C(C)CCCCCCCCCCCCCCCC. The van der Waals surface area contributed by atoms with Crippen LogP contribution in [0.4, 0.5) is 0 Å². The van der Waals surface area contributed by atoms with Crippen molar-refractivity contribution in [3.63, 3.8) is 0 Å². The molecule has 0 fully saturated rings. The molecule has 1 aromatic rings. The molecule has 2 heteroatoms. The molecule has 0 amide bonds. The number of imidazole rings is 1. The van der Waals surface area contributed by atoms with Crippen molar-refractivity contribution in [1.29, 1.82) is 0 Å². The molecule has 2 atom stereocenters. The highest BCUT2D eigenvalue weighted by molar-refractivity contribution is 4.90. The van der Waals surface area contributed by atoms with Gasteiger partial charge in [0.15, 0.2) is 0 Å². The van der Waals surface area contributed by atoms with Gasteiger partial charge in [0.05, 0.1) is 12.0 Å². The maximum absolute atomic E-state index is 3.75. The molecular formula is C45H89N2+. The summed E-state index contributed by atoms with van der Waals surface area (Å²) in [6, 6.07) is 0.618. The smallest absolute Gasteiger partial charge is 0.247 e. The predicted molar refractivity (Wildman–Crippen MR) is 212 cm³/mol. The molecule has 0 saturated carbocycles. The Morgan fingerprint density at radius 3 is 1.00 bits per heavy atom. The molecule has 278 valence electrons. The predicted octanol–water partition coefficient (Wildman–Crippen LogP) is 16.1. The molecule has 0 saturated heterocycles. The highest BCUT2D eigenvalue weighted by Crippen LogP contribution is 2.27. The Morgan fingerprint density at radius 2 is 0.681 bits per heavy atom. The van der Waals surface area contributed by atoms with Gasteiger partial charge >= 0.3 is 0 Å². The Hall–Kier alpha value is -0.790. The summed E-state index contributed by atoms with van der Waals surface area (Å²) in [6.07, 6.45) is 56.1. The number of hydrogen-bond donors (Lipinski definition) is 1. The monoisotopic (exact) mass is 658 g/mol. The minimum atomic E-state index is 0.618. The third-order valence-corrected chi connectivity index (χ3v) is 11.1. The van der Waals surface area contributed by atoms with Crippen LogP contribution in [0.25, 0.3) is 0 Å². The highest BCUT2D eigenvalue weighted by atomic mass is 15.1. The largest absolute Gasteiger partial charge is 0.257 e. The van der Waals surface area contributed by atoms with Gasteiger partial charge in [0, 0.05) is 0 Å².